The molecular weight excluding hydrogens is 228 g/mol. The minimum Gasteiger partial charge on any atom is -0.290 e. The fraction of sp³-hybridized carbons (Fsp3) is 0.200. The van der Waals surface area contributed by atoms with Gasteiger partial charge in [-0.2, -0.15) is 0 Å². The van der Waals surface area contributed by atoms with Crippen molar-refractivity contribution in [1.29, 1.82) is 0 Å². The maximum atomic E-state index is 11.8. The van der Waals surface area contributed by atoms with E-state index in [-0.39, 0.29) is 5.91 Å². The lowest BCUT2D eigenvalue weighted by atomic mass is 10.4. The number of amides is 1. The van der Waals surface area contributed by atoms with E-state index in [1.807, 2.05) is 23.6 Å². The molecular formula is C10H10N2OS2. The molecule has 15 heavy (non-hydrogen) atoms. The lowest BCUT2D eigenvalue weighted by Gasteiger charge is -2.04. The molecule has 0 spiro atoms. The number of likely N-dealkylation sites (N-methyl/N-ethyl adjacent to an activating group) is 1. The Morgan fingerprint density at radius 1 is 1.53 bits per heavy atom. The van der Waals surface area contributed by atoms with Crippen LogP contribution in [0.2, 0.25) is 0 Å². The molecule has 1 fully saturated rings. The Bertz CT molecular complexity index is 434. The molecule has 5 heteroatoms. The summed E-state index contributed by atoms with van der Waals surface area (Å²) in [6.45, 7) is 0. The number of carbonyl (C=O) groups excluding carboxylic acids is 1. The fourth-order valence-electron chi connectivity index (χ4n) is 1.25. The minimum absolute atomic E-state index is 0.0222. The molecule has 2 rings (SSSR count). The average molecular weight is 238 g/mol. The van der Waals surface area contributed by atoms with Gasteiger partial charge in [0.15, 0.2) is 5.17 Å². The van der Waals surface area contributed by atoms with E-state index in [9.17, 15) is 4.79 Å². The molecule has 1 aliphatic heterocycles. The number of thiophene rings is 1. The number of hydrogen-bond donors (Lipinski definition) is 0. The van der Waals surface area contributed by atoms with Crippen molar-refractivity contribution in [3.8, 4) is 0 Å². The van der Waals surface area contributed by atoms with Crippen LogP contribution in [0.15, 0.2) is 27.4 Å². The summed E-state index contributed by atoms with van der Waals surface area (Å²) in [7, 11) is 3.44. The molecule has 0 aliphatic carbocycles. The Balaban J connectivity index is 2.30. The normalized spacial score (nSPS) is 22.0. The van der Waals surface area contributed by atoms with Crippen molar-refractivity contribution in [3.63, 3.8) is 0 Å². The molecule has 2 heterocycles. The van der Waals surface area contributed by atoms with Crippen molar-refractivity contribution in [1.82, 2.24) is 4.90 Å². The van der Waals surface area contributed by atoms with E-state index < -0.39 is 0 Å². The van der Waals surface area contributed by atoms with Gasteiger partial charge >= 0.3 is 0 Å². The van der Waals surface area contributed by atoms with Crippen molar-refractivity contribution < 1.29 is 4.79 Å². The first-order chi connectivity index (χ1) is 7.22. The molecule has 0 radical (unpaired) electrons. The monoisotopic (exact) mass is 238 g/mol. The lowest BCUT2D eigenvalue weighted by molar-refractivity contribution is -0.121. The summed E-state index contributed by atoms with van der Waals surface area (Å²) in [6.07, 6.45) is 1.91. The molecule has 0 saturated carbocycles. The summed E-state index contributed by atoms with van der Waals surface area (Å²) < 4.78 is 0. The maximum Gasteiger partial charge on any atom is 0.266 e. The number of nitrogens with zero attached hydrogens (tertiary/aromatic N) is 2. The van der Waals surface area contributed by atoms with Crippen molar-refractivity contribution in [2.45, 2.75) is 0 Å². The predicted molar refractivity (Wildman–Crippen MR) is 66.0 cm³/mol. The van der Waals surface area contributed by atoms with E-state index in [1.54, 1.807) is 30.3 Å². The standard InChI is InChI=1S/C10H10N2OS2/c1-11-10-12(2)9(13)8(15-10)6-7-4-3-5-14-7/h3-6H,1-2H3/b8-6+,11-10?. The minimum atomic E-state index is 0.0222. The number of hydrogen-bond acceptors (Lipinski definition) is 4. The van der Waals surface area contributed by atoms with Gasteiger partial charge in [-0.25, -0.2) is 0 Å². The first-order valence-corrected chi connectivity index (χ1v) is 6.10. The second kappa shape index (κ2) is 4.20. The zero-order valence-corrected chi connectivity index (χ0v) is 10.1. The highest BCUT2D eigenvalue weighted by Gasteiger charge is 2.29. The van der Waals surface area contributed by atoms with Crippen LogP contribution >= 0.6 is 23.1 Å². The first-order valence-electron chi connectivity index (χ1n) is 4.40. The summed E-state index contributed by atoms with van der Waals surface area (Å²) in [4.78, 5) is 19.2. The van der Waals surface area contributed by atoms with Gasteiger partial charge in [-0.1, -0.05) is 6.07 Å². The summed E-state index contributed by atoms with van der Waals surface area (Å²) in [6, 6.07) is 3.96. The molecule has 1 aromatic rings. The van der Waals surface area contributed by atoms with Crippen LogP contribution < -0.4 is 0 Å². The number of amidine groups is 1. The third kappa shape index (κ3) is 1.98. The molecule has 3 nitrogen and oxygen atoms in total. The summed E-state index contributed by atoms with van der Waals surface area (Å²) in [5.74, 6) is 0.0222. The fourth-order valence-corrected chi connectivity index (χ4v) is 2.90. The van der Waals surface area contributed by atoms with Crippen LogP contribution in [0.25, 0.3) is 6.08 Å². The Kier molecular flexibility index (Phi) is 2.93. The van der Waals surface area contributed by atoms with Gasteiger partial charge in [-0.15, -0.1) is 11.3 Å². The second-order valence-electron chi connectivity index (χ2n) is 3.00. The number of thioether (sulfide) groups is 1. The quantitative estimate of drug-likeness (QED) is 0.703. The van der Waals surface area contributed by atoms with Crippen molar-refractivity contribution in [3.05, 3.63) is 27.3 Å². The van der Waals surface area contributed by atoms with Gasteiger partial charge in [-0.05, 0) is 29.3 Å². The van der Waals surface area contributed by atoms with Crippen molar-refractivity contribution in [2.24, 2.45) is 4.99 Å². The second-order valence-corrected chi connectivity index (χ2v) is 4.98. The summed E-state index contributed by atoms with van der Waals surface area (Å²) in [5.41, 5.74) is 0. The van der Waals surface area contributed by atoms with E-state index in [4.69, 9.17) is 0 Å². The molecule has 0 aromatic carbocycles. The molecule has 78 valence electrons. The van der Waals surface area contributed by atoms with Gasteiger partial charge < -0.3 is 0 Å². The molecule has 0 bridgehead atoms. The smallest absolute Gasteiger partial charge is 0.266 e. The maximum absolute atomic E-state index is 11.8. The number of rotatable bonds is 1. The molecule has 1 aliphatic rings. The molecule has 0 N–H and O–H groups in total. The van der Waals surface area contributed by atoms with Gasteiger partial charge in [0.2, 0.25) is 0 Å². The molecule has 1 aromatic heterocycles. The Morgan fingerprint density at radius 3 is 2.87 bits per heavy atom. The molecule has 0 atom stereocenters. The van der Waals surface area contributed by atoms with E-state index in [0.717, 1.165) is 14.9 Å². The third-order valence-corrected chi connectivity index (χ3v) is 3.98. The largest absolute Gasteiger partial charge is 0.290 e. The Hall–Kier alpha value is -1.07. The van der Waals surface area contributed by atoms with Crippen LogP contribution in [0.1, 0.15) is 4.88 Å². The number of aliphatic imine (C=N–C) groups is 1. The Labute approximate surface area is 96.5 Å². The van der Waals surface area contributed by atoms with E-state index in [0.29, 0.717) is 0 Å². The van der Waals surface area contributed by atoms with Gasteiger partial charge in [-0.3, -0.25) is 14.7 Å². The summed E-state index contributed by atoms with van der Waals surface area (Å²) in [5, 5.41) is 2.75. The Morgan fingerprint density at radius 2 is 2.33 bits per heavy atom. The lowest BCUT2D eigenvalue weighted by Crippen LogP contribution is -2.23. The number of carbonyl (C=O) groups is 1. The van der Waals surface area contributed by atoms with Crippen molar-refractivity contribution in [2.75, 3.05) is 14.1 Å². The van der Waals surface area contributed by atoms with Crippen LogP contribution in [0.4, 0.5) is 0 Å². The van der Waals surface area contributed by atoms with E-state index >= 15 is 0 Å². The highest BCUT2D eigenvalue weighted by atomic mass is 32.2. The molecule has 1 saturated heterocycles. The third-order valence-electron chi connectivity index (χ3n) is 2.01. The zero-order chi connectivity index (χ0) is 10.8. The average Bonchev–Trinajstić information content (AvgIpc) is 2.82. The predicted octanol–water partition coefficient (Wildman–Crippen LogP) is 2.28. The first kappa shape index (κ1) is 10.4. The molecule has 1 amide bonds. The van der Waals surface area contributed by atoms with Crippen LogP contribution in [-0.2, 0) is 4.79 Å². The molecule has 0 unspecified atom stereocenters. The van der Waals surface area contributed by atoms with Gasteiger partial charge in [0.05, 0.1) is 4.91 Å². The topological polar surface area (TPSA) is 32.7 Å². The highest BCUT2D eigenvalue weighted by molar-refractivity contribution is 8.18. The van der Waals surface area contributed by atoms with Gasteiger partial charge in [0.25, 0.3) is 5.91 Å². The van der Waals surface area contributed by atoms with Crippen LogP contribution in [0.3, 0.4) is 0 Å². The van der Waals surface area contributed by atoms with E-state index in [1.165, 1.54) is 11.8 Å². The van der Waals surface area contributed by atoms with Gasteiger partial charge in [0, 0.05) is 19.0 Å². The van der Waals surface area contributed by atoms with Crippen LogP contribution in [0, 0.1) is 0 Å². The SMILES string of the molecule is CN=C1S/C(=C/c2cccs2)C(=O)N1C. The van der Waals surface area contributed by atoms with E-state index in [2.05, 4.69) is 4.99 Å². The van der Waals surface area contributed by atoms with Gasteiger partial charge in [0.1, 0.15) is 0 Å². The zero-order valence-electron chi connectivity index (χ0n) is 8.43. The van der Waals surface area contributed by atoms with Crippen molar-refractivity contribution >= 4 is 40.2 Å². The highest BCUT2D eigenvalue weighted by Crippen LogP contribution is 2.31. The van der Waals surface area contributed by atoms with Crippen LogP contribution in [-0.4, -0.2) is 30.1 Å². The van der Waals surface area contributed by atoms with Crippen LogP contribution in [0.5, 0.6) is 0 Å². The summed E-state index contributed by atoms with van der Waals surface area (Å²) >= 11 is 3.04.